The lowest BCUT2D eigenvalue weighted by Gasteiger charge is -2.43. The van der Waals surface area contributed by atoms with Crippen LogP contribution in [-0.2, 0) is 26.3 Å². The number of halogens is 2. The zero-order valence-corrected chi connectivity index (χ0v) is 23.2. The van der Waals surface area contributed by atoms with Crippen LogP contribution in [0.2, 0.25) is 10.0 Å². The molecule has 1 saturated heterocycles. The molecule has 0 saturated carbocycles. The van der Waals surface area contributed by atoms with E-state index in [0.717, 1.165) is 49.2 Å². The summed E-state index contributed by atoms with van der Waals surface area (Å²) in [6.07, 6.45) is 2.76. The van der Waals surface area contributed by atoms with E-state index in [4.69, 9.17) is 27.9 Å². The maximum Gasteiger partial charge on any atom is 0.306 e. The quantitative estimate of drug-likeness (QED) is 0.283. The molecule has 3 aromatic rings. The molecule has 0 spiro atoms. The van der Waals surface area contributed by atoms with Gasteiger partial charge in [-0.05, 0) is 48.1 Å². The predicted molar refractivity (Wildman–Crippen MR) is 152 cm³/mol. The summed E-state index contributed by atoms with van der Waals surface area (Å²) < 4.78 is 5.98. The van der Waals surface area contributed by atoms with Gasteiger partial charge < -0.3 is 15.0 Å². The number of nitrogens with zero attached hydrogens (tertiary/aromatic N) is 1. The van der Waals surface area contributed by atoms with Gasteiger partial charge in [0.05, 0.1) is 15.6 Å². The third kappa shape index (κ3) is 7.59. The molecule has 200 valence electrons. The number of piperidine rings is 1. The molecule has 0 bridgehead atoms. The monoisotopic (exact) mass is 552 g/mol. The Labute approximate surface area is 235 Å². The Morgan fingerprint density at radius 2 is 1.61 bits per heavy atom. The van der Waals surface area contributed by atoms with Crippen LogP contribution >= 0.6 is 23.2 Å². The lowest BCUT2D eigenvalue weighted by molar-refractivity contribution is -0.150. The maximum absolute atomic E-state index is 12.8. The molecule has 1 N–H and O–H groups in total. The van der Waals surface area contributed by atoms with Crippen molar-refractivity contribution in [2.75, 3.05) is 19.6 Å². The van der Waals surface area contributed by atoms with Crippen molar-refractivity contribution in [2.45, 2.75) is 50.7 Å². The van der Waals surface area contributed by atoms with Gasteiger partial charge in [-0.1, -0.05) is 89.9 Å². The highest BCUT2D eigenvalue weighted by molar-refractivity contribution is 6.42. The average Bonchev–Trinajstić information content (AvgIpc) is 2.93. The van der Waals surface area contributed by atoms with E-state index in [-0.39, 0.29) is 17.4 Å². The number of benzene rings is 3. The van der Waals surface area contributed by atoms with Crippen LogP contribution in [0.4, 0.5) is 0 Å². The van der Waals surface area contributed by atoms with Gasteiger partial charge in [-0.2, -0.15) is 0 Å². The summed E-state index contributed by atoms with van der Waals surface area (Å²) in [4.78, 5) is 27.2. The van der Waals surface area contributed by atoms with Crippen LogP contribution in [0.25, 0.3) is 0 Å². The van der Waals surface area contributed by atoms with Crippen LogP contribution in [0, 0.1) is 0 Å². The second-order valence-electron chi connectivity index (χ2n) is 9.90. The first-order chi connectivity index (χ1) is 18.3. The number of rotatable bonds is 10. The summed E-state index contributed by atoms with van der Waals surface area (Å²) in [6.45, 7) is 3.98. The van der Waals surface area contributed by atoms with Crippen molar-refractivity contribution in [2.24, 2.45) is 0 Å². The predicted octanol–water partition coefficient (Wildman–Crippen LogP) is 6.73. The minimum absolute atomic E-state index is 0.0237. The molecule has 1 fully saturated rings. The first-order valence-corrected chi connectivity index (χ1v) is 13.9. The van der Waals surface area contributed by atoms with E-state index in [1.807, 2.05) is 54.6 Å². The number of carbonyl (C=O) groups excluding carboxylic acids is 2. The summed E-state index contributed by atoms with van der Waals surface area (Å²) in [6, 6.07) is 25.5. The fourth-order valence-electron chi connectivity index (χ4n) is 5.15. The van der Waals surface area contributed by atoms with Gasteiger partial charge in [-0.25, -0.2) is 0 Å². The molecule has 0 radical (unpaired) electrons. The molecule has 0 aromatic heterocycles. The van der Waals surface area contributed by atoms with E-state index < -0.39 is 6.10 Å². The number of nitrogens with one attached hydrogen (secondary N) is 1. The topological polar surface area (TPSA) is 58.6 Å². The third-order valence-electron chi connectivity index (χ3n) is 7.21. The SMILES string of the molecule is CC(=O)NC1(c2ccccc2)CCN(CCC(OC(=O)CCc2ccccc2)c2ccc(Cl)c(Cl)c2)CC1. The first kappa shape index (κ1) is 28.2. The molecule has 1 amide bonds. The number of aryl methyl sites for hydroxylation is 1. The number of hydrogen-bond donors (Lipinski definition) is 1. The Morgan fingerprint density at radius 1 is 0.947 bits per heavy atom. The minimum Gasteiger partial charge on any atom is -0.457 e. The van der Waals surface area contributed by atoms with Gasteiger partial charge in [0, 0.05) is 39.4 Å². The molecule has 1 atom stereocenters. The molecule has 1 aliphatic heterocycles. The summed E-state index contributed by atoms with van der Waals surface area (Å²) in [7, 11) is 0. The number of hydrogen-bond acceptors (Lipinski definition) is 4. The lowest BCUT2D eigenvalue weighted by atomic mass is 9.80. The normalized spacial score (nSPS) is 16.0. The molecule has 3 aromatic carbocycles. The summed E-state index contributed by atoms with van der Waals surface area (Å²) in [5, 5.41) is 4.13. The van der Waals surface area contributed by atoms with Crippen molar-refractivity contribution < 1.29 is 14.3 Å². The van der Waals surface area contributed by atoms with Crippen molar-refractivity contribution in [3.05, 3.63) is 106 Å². The highest BCUT2D eigenvalue weighted by Crippen LogP contribution is 2.34. The van der Waals surface area contributed by atoms with Crippen molar-refractivity contribution in [3.8, 4) is 0 Å². The molecule has 7 heteroatoms. The van der Waals surface area contributed by atoms with Crippen molar-refractivity contribution in [1.29, 1.82) is 0 Å². The van der Waals surface area contributed by atoms with Crippen LogP contribution in [0.5, 0.6) is 0 Å². The number of likely N-dealkylation sites (tertiary alicyclic amines) is 1. The number of esters is 1. The molecular formula is C31H34Cl2N2O3. The second-order valence-corrected chi connectivity index (χ2v) is 10.7. The molecule has 1 aliphatic rings. The van der Waals surface area contributed by atoms with Gasteiger partial charge in [0.2, 0.25) is 5.91 Å². The molecule has 4 rings (SSSR count). The van der Waals surface area contributed by atoms with Crippen LogP contribution < -0.4 is 5.32 Å². The van der Waals surface area contributed by atoms with Gasteiger partial charge in [0.25, 0.3) is 0 Å². The maximum atomic E-state index is 12.8. The smallest absolute Gasteiger partial charge is 0.306 e. The van der Waals surface area contributed by atoms with Crippen molar-refractivity contribution in [3.63, 3.8) is 0 Å². The summed E-state index contributed by atoms with van der Waals surface area (Å²) >= 11 is 12.4. The Morgan fingerprint density at radius 3 is 2.24 bits per heavy atom. The Bertz CT molecular complexity index is 1210. The van der Waals surface area contributed by atoms with E-state index in [1.165, 1.54) is 0 Å². The van der Waals surface area contributed by atoms with Crippen LogP contribution in [0.1, 0.15) is 55.4 Å². The fourth-order valence-corrected chi connectivity index (χ4v) is 5.46. The Balaban J connectivity index is 1.40. The van der Waals surface area contributed by atoms with Crippen LogP contribution in [0.3, 0.4) is 0 Å². The zero-order valence-electron chi connectivity index (χ0n) is 21.7. The van der Waals surface area contributed by atoms with Crippen LogP contribution in [-0.4, -0.2) is 36.4 Å². The number of amides is 1. The highest BCUT2D eigenvalue weighted by atomic mass is 35.5. The lowest BCUT2D eigenvalue weighted by Crippen LogP contribution is -2.52. The molecule has 1 heterocycles. The van der Waals surface area contributed by atoms with Crippen molar-refractivity contribution >= 4 is 35.1 Å². The van der Waals surface area contributed by atoms with E-state index in [0.29, 0.717) is 29.3 Å². The minimum atomic E-state index is -0.427. The molecular weight excluding hydrogens is 519 g/mol. The fraction of sp³-hybridized carbons (Fsp3) is 0.355. The standard InChI is InChI=1S/C31H34Cl2N2O3/c1-23(36)34-31(26-10-6-3-7-11-26)17-20-35(21-18-31)19-16-29(25-13-14-27(32)28(33)22-25)38-30(37)15-12-24-8-4-2-5-9-24/h2-11,13-14,22,29H,12,15-21H2,1H3,(H,34,36). The molecule has 0 aliphatic carbocycles. The van der Waals surface area contributed by atoms with Gasteiger partial charge in [-0.15, -0.1) is 0 Å². The average molecular weight is 554 g/mol. The van der Waals surface area contributed by atoms with Gasteiger partial charge in [0.15, 0.2) is 0 Å². The largest absolute Gasteiger partial charge is 0.457 e. The van der Waals surface area contributed by atoms with E-state index in [2.05, 4.69) is 22.3 Å². The van der Waals surface area contributed by atoms with E-state index in [9.17, 15) is 9.59 Å². The van der Waals surface area contributed by atoms with Gasteiger partial charge >= 0.3 is 5.97 Å². The van der Waals surface area contributed by atoms with Crippen molar-refractivity contribution in [1.82, 2.24) is 10.2 Å². The van der Waals surface area contributed by atoms with E-state index >= 15 is 0 Å². The van der Waals surface area contributed by atoms with Gasteiger partial charge in [0.1, 0.15) is 6.10 Å². The second kappa shape index (κ2) is 13.3. The summed E-state index contributed by atoms with van der Waals surface area (Å²) in [5.41, 5.74) is 2.71. The molecule has 5 nitrogen and oxygen atoms in total. The number of ether oxygens (including phenoxy) is 1. The highest BCUT2D eigenvalue weighted by Gasteiger charge is 2.37. The summed E-state index contributed by atoms with van der Waals surface area (Å²) in [5.74, 6) is -0.262. The zero-order chi connectivity index (χ0) is 27.0. The Kier molecular flexibility index (Phi) is 9.84. The first-order valence-electron chi connectivity index (χ1n) is 13.1. The third-order valence-corrected chi connectivity index (χ3v) is 7.95. The molecule has 38 heavy (non-hydrogen) atoms. The Hall–Kier alpha value is -2.86. The number of carbonyl (C=O) groups is 2. The van der Waals surface area contributed by atoms with Crippen LogP contribution in [0.15, 0.2) is 78.9 Å². The molecule has 1 unspecified atom stereocenters. The van der Waals surface area contributed by atoms with Gasteiger partial charge in [-0.3, -0.25) is 9.59 Å². The van der Waals surface area contributed by atoms with E-state index in [1.54, 1.807) is 19.1 Å².